The number of nitrogens with one attached hydrogen (secondary N) is 1. The number of likely N-dealkylation sites (N-methyl/N-ethyl adjacent to an activating group) is 2. The minimum Gasteiger partial charge on any atom is -0.315 e. The standard InChI is InChI=1S/C14H20ClFN2S/c1-17-12(13-9-19-7-6-18(13)2)8-10-4-3-5-11(16)14(10)15/h3-5,12-13,17H,6-9H2,1-2H3. The molecule has 0 aromatic heterocycles. The van der Waals surface area contributed by atoms with E-state index in [1.807, 2.05) is 24.9 Å². The predicted molar refractivity (Wildman–Crippen MR) is 81.7 cm³/mol. The molecule has 2 nitrogen and oxygen atoms in total. The maximum Gasteiger partial charge on any atom is 0.142 e. The van der Waals surface area contributed by atoms with Crippen LogP contribution in [-0.4, -0.2) is 49.1 Å². The van der Waals surface area contributed by atoms with Crippen LogP contribution in [0.4, 0.5) is 4.39 Å². The first-order valence-electron chi connectivity index (χ1n) is 6.51. The van der Waals surface area contributed by atoms with E-state index in [9.17, 15) is 4.39 Å². The highest BCUT2D eigenvalue weighted by Gasteiger charge is 2.27. The summed E-state index contributed by atoms with van der Waals surface area (Å²) in [5.41, 5.74) is 0.880. The first kappa shape index (κ1) is 15.1. The van der Waals surface area contributed by atoms with Gasteiger partial charge in [-0.1, -0.05) is 23.7 Å². The van der Waals surface area contributed by atoms with Crippen LogP contribution in [0, 0.1) is 5.82 Å². The monoisotopic (exact) mass is 302 g/mol. The molecule has 0 spiro atoms. The molecule has 19 heavy (non-hydrogen) atoms. The summed E-state index contributed by atoms with van der Waals surface area (Å²) < 4.78 is 13.5. The average Bonchev–Trinajstić information content (AvgIpc) is 2.41. The summed E-state index contributed by atoms with van der Waals surface area (Å²) >= 11 is 8.03. The fourth-order valence-corrected chi connectivity index (χ4v) is 4.02. The molecule has 2 atom stereocenters. The Bertz CT molecular complexity index is 430. The normalized spacial score (nSPS) is 22.4. The van der Waals surface area contributed by atoms with Gasteiger partial charge < -0.3 is 10.2 Å². The molecule has 1 saturated heterocycles. The van der Waals surface area contributed by atoms with Crippen molar-refractivity contribution in [1.29, 1.82) is 0 Å². The van der Waals surface area contributed by atoms with E-state index in [2.05, 4.69) is 17.3 Å². The minimum absolute atomic E-state index is 0.258. The molecule has 2 unspecified atom stereocenters. The molecule has 0 saturated carbocycles. The van der Waals surface area contributed by atoms with E-state index in [1.165, 1.54) is 11.8 Å². The number of benzene rings is 1. The molecule has 1 aliphatic heterocycles. The highest BCUT2D eigenvalue weighted by atomic mass is 35.5. The summed E-state index contributed by atoms with van der Waals surface area (Å²) in [5.74, 6) is 1.96. The van der Waals surface area contributed by atoms with Crippen LogP contribution in [0.1, 0.15) is 5.56 Å². The van der Waals surface area contributed by atoms with Gasteiger partial charge in [0.05, 0.1) is 5.02 Å². The molecule has 2 rings (SSSR count). The number of nitrogens with zero attached hydrogens (tertiary/aromatic N) is 1. The van der Waals surface area contributed by atoms with Crippen LogP contribution in [0.5, 0.6) is 0 Å². The van der Waals surface area contributed by atoms with Crippen molar-refractivity contribution in [2.45, 2.75) is 18.5 Å². The maximum atomic E-state index is 13.5. The summed E-state index contributed by atoms with van der Waals surface area (Å²) in [7, 11) is 4.12. The first-order valence-corrected chi connectivity index (χ1v) is 8.05. The minimum atomic E-state index is -0.333. The lowest BCUT2D eigenvalue weighted by Gasteiger charge is -2.37. The van der Waals surface area contributed by atoms with Gasteiger partial charge in [0.25, 0.3) is 0 Å². The molecule has 1 aliphatic rings. The van der Waals surface area contributed by atoms with Crippen molar-refractivity contribution in [2.75, 3.05) is 32.1 Å². The molecule has 5 heteroatoms. The molecular weight excluding hydrogens is 283 g/mol. The van der Waals surface area contributed by atoms with E-state index < -0.39 is 0 Å². The Labute approximate surface area is 123 Å². The van der Waals surface area contributed by atoms with E-state index >= 15 is 0 Å². The van der Waals surface area contributed by atoms with Crippen LogP contribution in [0.3, 0.4) is 0 Å². The Kier molecular flexibility index (Phi) is 5.51. The SMILES string of the molecule is CNC(Cc1cccc(F)c1Cl)C1CSCCN1C. The van der Waals surface area contributed by atoms with Gasteiger partial charge in [0.15, 0.2) is 0 Å². The van der Waals surface area contributed by atoms with Gasteiger partial charge in [-0.2, -0.15) is 11.8 Å². The van der Waals surface area contributed by atoms with Gasteiger partial charge in [0.2, 0.25) is 0 Å². The Morgan fingerprint density at radius 1 is 1.58 bits per heavy atom. The molecule has 1 heterocycles. The number of thioether (sulfide) groups is 1. The van der Waals surface area contributed by atoms with Gasteiger partial charge in [0, 0.05) is 30.1 Å². The molecule has 1 aromatic carbocycles. The second-order valence-corrected chi connectivity index (χ2v) is 6.46. The lowest BCUT2D eigenvalue weighted by atomic mass is 9.99. The van der Waals surface area contributed by atoms with Gasteiger partial charge in [-0.3, -0.25) is 0 Å². The van der Waals surface area contributed by atoms with E-state index in [0.717, 1.165) is 24.3 Å². The zero-order valence-electron chi connectivity index (χ0n) is 11.3. The molecule has 0 radical (unpaired) electrons. The van der Waals surface area contributed by atoms with Gasteiger partial charge >= 0.3 is 0 Å². The summed E-state index contributed by atoms with van der Waals surface area (Å²) in [6, 6.07) is 5.79. The van der Waals surface area contributed by atoms with E-state index in [0.29, 0.717) is 6.04 Å². The predicted octanol–water partition coefficient (Wildman–Crippen LogP) is 2.66. The topological polar surface area (TPSA) is 15.3 Å². The highest BCUT2D eigenvalue weighted by molar-refractivity contribution is 7.99. The van der Waals surface area contributed by atoms with Gasteiger partial charge in [-0.25, -0.2) is 4.39 Å². The van der Waals surface area contributed by atoms with Crippen molar-refractivity contribution >= 4 is 23.4 Å². The summed E-state index contributed by atoms with van der Waals surface area (Å²) in [6.07, 6.45) is 0.753. The lowest BCUT2D eigenvalue weighted by molar-refractivity contribution is 0.219. The van der Waals surface area contributed by atoms with Gasteiger partial charge in [-0.05, 0) is 32.1 Å². The van der Waals surface area contributed by atoms with Crippen molar-refractivity contribution < 1.29 is 4.39 Å². The molecule has 1 fully saturated rings. The van der Waals surface area contributed by atoms with Crippen LogP contribution >= 0.6 is 23.4 Å². The van der Waals surface area contributed by atoms with Crippen molar-refractivity contribution in [2.24, 2.45) is 0 Å². The highest BCUT2D eigenvalue weighted by Crippen LogP contribution is 2.24. The van der Waals surface area contributed by atoms with Crippen molar-refractivity contribution in [3.05, 3.63) is 34.6 Å². The first-order chi connectivity index (χ1) is 9.13. The summed E-state index contributed by atoms with van der Waals surface area (Å²) in [4.78, 5) is 2.38. The molecular formula is C14H20ClFN2S. The lowest BCUT2D eigenvalue weighted by Crippen LogP contribution is -2.52. The number of hydrogen-bond acceptors (Lipinski definition) is 3. The third-order valence-corrected chi connectivity index (χ3v) is 5.22. The quantitative estimate of drug-likeness (QED) is 0.920. The average molecular weight is 303 g/mol. The van der Waals surface area contributed by atoms with Crippen molar-refractivity contribution in [3.63, 3.8) is 0 Å². The van der Waals surface area contributed by atoms with Crippen LogP contribution < -0.4 is 5.32 Å². The van der Waals surface area contributed by atoms with E-state index in [-0.39, 0.29) is 16.9 Å². The Balaban J connectivity index is 2.12. The van der Waals surface area contributed by atoms with Crippen LogP contribution in [0.2, 0.25) is 5.02 Å². The summed E-state index contributed by atoms with van der Waals surface area (Å²) in [6.45, 7) is 1.10. The molecule has 106 valence electrons. The van der Waals surface area contributed by atoms with Crippen LogP contribution in [-0.2, 0) is 6.42 Å². The zero-order chi connectivity index (χ0) is 13.8. The Hall–Kier alpha value is -0.290. The van der Waals surface area contributed by atoms with Gasteiger partial charge in [-0.15, -0.1) is 0 Å². The summed E-state index contributed by atoms with van der Waals surface area (Å²) in [5, 5.41) is 3.62. The molecule has 0 bridgehead atoms. The van der Waals surface area contributed by atoms with Crippen molar-refractivity contribution in [3.8, 4) is 0 Å². The maximum absolute atomic E-state index is 13.5. The second-order valence-electron chi connectivity index (χ2n) is 4.94. The Morgan fingerprint density at radius 3 is 3.05 bits per heavy atom. The number of rotatable bonds is 4. The smallest absolute Gasteiger partial charge is 0.142 e. The molecule has 0 aliphatic carbocycles. The third-order valence-electron chi connectivity index (χ3n) is 3.75. The Morgan fingerprint density at radius 2 is 2.37 bits per heavy atom. The molecule has 1 N–H and O–H groups in total. The molecule has 0 amide bonds. The molecule has 1 aromatic rings. The second kappa shape index (κ2) is 6.93. The third kappa shape index (κ3) is 3.63. The van der Waals surface area contributed by atoms with Gasteiger partial charge in [0.1, 0.15) is 5.82 Å². The zero-order valence-corrected chi connectivity index (χ0v) is 12.9. The largest absolute Gasteiger partial charge is 0.315 e. The fraction of sp³-hybridized carbons (Fsp3) is 0.571. The van der Waals surface area contributed by atoms with E-state index in [4.69, 9.17) is 11.6 Å². The fourth-order valence-electron chi connectivity index (χ4n) is 2.50. The number of halogens is 2. The number of hydrogen-bond donors (Lipinski definition) is 1. The van der Waals surface area contributed by atoms with Crippen molar-refractivity contribution in [1.82, 2.24) is 10.2 Å². The van der Waals surface area contributed by atoms with Crippen LogP contribution in [0.25, 0.3) is 0 Å². The van der Waals surface area contributed by atoms with E-state index in [1.54, 1.807) is 6.07 Å². The van der Waals surface area contributed by atoms with Crippen LogP contribution in [0.15, 0.2) is 18.2 Å².